The van der Waals surface area contributed by atoms with Gasteiger partial charge in [0, 0.05) is 18.6 Å². The summed E-state index contributed by atoms with van der Waals surface area (Å²) in [5.74, 6) is 1.11. The summed E-state index contributed by atoms with van der Waals surface area (Å²) in [4.78, 5) is 7.33. The molecule has 0 spiro atoms. The number of aromatic nitrogens is 1. The van der Waals surface area contributed by atoms with Crippen LogP contribution in [0, 0.1) is 0 Å². The Labute approximate surface area is 127 Å². The molecule has 1 saturated carbocycles. The summed E-state index contributed by atoms with van der Waals surface area (Å²) in [6.07, 6.45) is 4.12. The third kappa shape index (κ3) is 3.55. The third-order valence-corrected chi connectivity index (χ3v) is 4.37. The van der Waals surface area contributed by atoms with Crippen LogP contribution in [-0.4, -0.2) is 35.8 Å². The van der Waals surface area contributed by atoms with Gasteiger partial charge in [-0.1, -0.05) is 6.07 Å². The SMILES string of the molecule is CC(C)(C)NCc1cccc(N2CCOC3CCCC32)n1. The first kappa shape index (κ1) is 14.8. The van der Waals surface area contributed by atoms with E-state index in [1.54, 1.807) is 0 Å². The second-order valence-electron chi connectivity index (χ2n) is 7.19. The van der Waals surface area contributed by atoms with Crippen molar-refractivity contribution in [1.82, 2.24) is 10.3 Å². The van der Waals surface area contributed by atoms with E-state index in [1.165, 1.54) is 19.3 Å². The Bertz CT molecular complexity index is 483. The van der Waals surface area contributed by atoms with Crippen molar-refractivity contribution >= 4 is 5.82 Å². The van der Waals surface area contributed by atoms with Gasteiger partial charge in [0.1, 0.15) is 5.82 Å². The average Bonchev–Trinajstić information content (AvgIpc) is 2.93. The smallest absolute Gasteiger partial charge is 0.129 e. The maximum atomic E-state index is 5.89. The maximum absolute atomic E-state index is 5.89. The number of fused-ring (bicyclic) bond motifs is 1. The molecule has 1 aromatic heterocycles. The van der Waals surface area contributed by atoms with Crippen LogP contribution >= 0.6 is 0 Å². The molecule has 4 nitrogen and oxygen atoms in total. The van der Waals surface area contributed by atoms with E-state index in [9.17, 15) is 0 Å². The summed E-state index contributed by atoms with van der Waals surface area (Å²) in [7, 11) is 0. The van der Waals surface area contributed by atoms with Crippen LogP contribution in [0.4, 0.5) is 5.82 Å². The molecule has 1 aliphatic carbocycles. The molecule has 0 aromatic carbocycles. The topological polar surface area (TPSA) is 37.4 Å². The van der Waals surface area contributed by atoms with E-state index in [4.69, 9.17) is 9.72 Å². The normalized spacial score (nSPS) is 26.0. The van der Waals surface area contributed by atoms with E-state index in [2.05, 4.69) is 49.2 Å². The number of hydrogen-bond acceptors (Lipinski definition) is 4. The predicted molar refractivity (Wildman–Crippen MR) is 85.6 cm³/mol. The lowest BCUT2D eigenvalue weighted by Crippen LogP contribution is -2.49. The number of anilines is 1. The van der Waals surface area contributed by atoms with Gasteiger partial charge >= 0.3 is 0 Å². The van der Waals surface area contributed by atoms with Gasteiger partial charge in [-0.3, -0.25) is 0 Å². The Morgan fingerprint density at radius 2 is 2.19 bits per heavy atom. The largest absolute Gasteiger partial charge is 0.374 e. The van der Waals surface area contributed by atoms with Crippen LogP contribution in [0.3, 0.4) is 0 Å². The van der Waals surface area contributed by atoms with Gasteiger partial charge in [-0.25, -0.2) is 4.98 Å². The van der Waals surface area contributed by atoms with Crippen molar-refractivity contribution in [3.63, 3.8) is 0 Å². The average molecular weight is 289 g/mol. The highest BCUT2D eigenvalue weighted by Crippen LogP contribution is 2.32. The van der Waals surface area contributed by atoms with Crippen molar-refractivity contribution < 1.29 is 4.74 Å². The van der Waals surface area contributed by atoms with Crippen LogP contribution in [0.25, 0.3) is 0 Å². The van der Waals surface area contributed by atoms with Crippen LogP contribution in [0.2, 0.25) is 0 Å². The van der Waals surface area contributed by atoms with E-state index < -0.39 is 0 Å². The molecule has 116 valence electrons. The fraction of sp³-hybridized carbons (Fsp3) is 0.706. The lowest BCUT2D eigenvalue weighted by molar-refractivity contribution is 0.0253. The van der Waals surface area contributed by atoms with Crippen LogP contribution in [0.5, 0.6) is 0 Å². The van der Waals surface area contributed by atoms with E-state index in [1.807, 2.05) is 0 Å². The minimum Gasteiger partial charge on any atom is -0.374 e. The molecule has 1 aliphatic heterocycles. The molecule has 0 radical (unpaired) electrons. The highest BCUT2D eigenvalue weighted by atomic mass is 16.5. The van der Waals surface area contributed by atoms with Gasteiger partial charge in [-0.05, 0) is 52.2 Å². The first-order valence-electron chi connectivity index (χ1n) is 8.12. The summed E-state index contributed by atoms with van der Waals surface area (Å²) >= 11 is 0. The van der Waals surface area contributed by atoms with Crippen molar-refractivity contribution in [2.75, 3.05) is 18.1 Å². The standard InChI is InChI=1S/C17H27N3O/c1-17(2,3)18-12-13-6-4-9-16(19-13)20-10-11-21-15-8-5-7-14(15)20/h4,6,9,14-15,18H,5,7-8,10-12H2,1-3H3. The number of nitrogens with zero attached hydrogens (tertiary/aromatic N) is 2. The molecule has 1 saturated heterocycles. The van der Waals surface area contributed by atoms with Gasteiger partial charge in [-0.15, -0.1) is 0 Å². The Morgan fingerprint density at radius 1 is 1.33 bits per heavy atom. The zero-order valence-corrected chi connectivity index (χ0v) is 13.4. The molecule has 3 rings (SSSR count). The quantitative estimate of drug-likeness (QED) is 0.928. The second-order valence-corrected chi connectivity index (χ2v) is 7.19. The first-order chi connectivity index (χ1) is 10.0. The Kier molecular flexibility index (Phi) is 4.18. The number of hydrogen-bond donors (Lipinski definition) is 1. The first-order valence-corrected chi connectivity index (χ1v) is 8.12. The molecule has 2 atom stereocenters. The predicted octanol–water partition coefficient (Wildman–Crippen LogP) is 2.73. The van der Waals surface area contributed by atoms with E-state index in [-0.39, 0.29) is 5.54 Å². The Balaban J connectivity index is 1.73. The molecule has 4 heteroatoms. The van der Waals surface area contributed by atoms with Gasteiger partial charge in [0.25, 0.3) is 0 Å². The van der Waals surface area contributed by atoms with Gasteiger partial charge < -0.3 is 15.0 Å². The fourth-order valence-electron chi connectivity index (χ4n) is 3.29. The van der Waals surface area contributed by atoms with Crippen LogP contribution in [-0.2, 0) is 11.3 Å². The van der Waals surface area contributed by atoms with Crippen LogP contribution < -0.4 is 10.2 Å². The zero-order chi connectivity index (χ0) is 14.9. The highest BCUT2D eigenvalue weighted by molar-refractivity contribution is 5.42. The van der Waals surface area contributed by atoms with Crippen molar-refractivity contribution in [3.05, 3.63) is 23.9 Å². The second kappa shape index (κ2) is 5.93. The van der Waals surface area contributed by atoms with E-state index >= 15 is 0 Å². The zero-order valence-electron chi connectivity index (χ0n) is 13.4. The minimum absolute atomic E-state index is 0.118. The number of morpholine rings is 1. The van der Waals surface area contributed by atoms with E-state index in [0.29, 0.717) is 12.1 Å². The lowest BCUT2D eigenvalue weighted by Gasteiger charge is -2.38. The molecule has 21 heavy (non-hydrogen) atoms. The van der Waals surface area contributed by atoms with Crippen LogP contribution in [0.1, 0.15) is 45.7 Å². The number of nitrogens with one attached hydrogen (secondary N) is 1. The lowest BCUT2D eigenvalue weighted by atomic mass is 10.1. The molecule has 1 N–H and O–H groups in total. The molecule has 2 fully saturated rings. The molecule has 0 amide bonds. The van der Waals surface area contributed by atoms with E-state index in [0.717, 1.165) is 31.2 Å². The molecule has 2 aliphatic rings. The monoisotopic (exact) mass is 289 g/mol. The molecule has 2 heterocycles. The third-order valence-electron chi connectivity index (χ3n) is 4.37. The number of ether oxygens (including phenoxy) is 1. The molecule has 2 unspecified atom stereocenters. The van der Waals surface area contributed by atoms with Crippen molar-refractivity contribution in [3.8, 4) is 0 Å². The summed E-state index contributed by atoms with van der Waals surface area (Å²) in [5.41, 5.74) is 1.23. The Hall–Kier alpha value is -1.13. The minimum atomic E-state index is 0.118. The van der Waals surface area contributed by atoms with Crippen molar-refractivity contribution in [2.24, 2.45) is 0 Å². The highest BCUT2D eigenvalue weighted by Gasteiger charge is 2.36. The van der Waals surface area contributed by atoms with Crippen LogP contribution in [0.15, 0.2) is 18.2 Å². The van der Waals surface area contributed by atoms with Gasteiger partial charge in [0.2, 0.25) is 0 Å². The number of pyridine rings is 1. The molecule has 1 aromatic rings. The molecular weight excluding hydrogens is 262 g/mol. The Morgan fingerprint density at radius 3 is 3.00 bits per heavy atom. The summed E-state index contributed by atoms with van der Waals surface area (Å²) in [6.45, 7) is 9.15. The molecule has 0 bridgehead atoms. The maximum Gasteiger partial charge on any atom is 0.129 e. The summed E-state index contributed by atoms with van der Waals surface area (Å²) in [6, 6.07) is 6.90. The molecular formula is C17H27N3O. The van der Waals surface area contributed by atoms with Gasteiger partial charge in [0.05, 0.1) is 24.4 Å². The summed E-state index contributed by atoms with van der Waals surface area (Å²) < 4.78 is 5.89. The van der Waals surface area contributed by atoms with Gasteiger partial charge in [-0.2, -0.15) is 0 Å². The van der Waals surface area contributed by atoms with Gasteiger partial charge in [0.15, 0.2) is 0 Å². The summed E-state index contributed by atoms with van der Waals surface area (Å²) in [5, 5.41) is 3.51. The fourth-order valence-corrected chi connectivity index (χ4v) is 3.29. The van der Waals surface area contributed by atoms with Crippen molar-refractivity contribution in [2.45, 2.75) is 64.3 Å². The van der Waals surface area contributed by atoms with Crippen molar-refractivity contribution in [1.29, 1.82) is 0 Å². The number of rotatable bonds is 3.